The van der Waals surface area contributed by atoms with Crippen LogP contribution in [0, 0.1) is 0 Å². The lowest BCUT2D eigenvalue weighted by Crippen LogP contribution is -2.23. The molecule has 0 heterocycles. The number of halogens is 1. The first-order chi connectivity index (χ1) is 13.3. The minimum atomic E-state index is -0.551. The van der Waals surface area contributed by atoms with Gasteiger partial charge in [-0.1, -0.05) is 35.9 Å². The predicted molar refractivity (Wildman–Crippen MR) is 106 cm³/mol. The third-order valence-electron chi connectivity index (χ3n) is 4.09. The zero-order chi connectivity index (χ0) is 20.7. The van der Waals surface area contributed by atoms with Crippen molar-refractivity contribution in [2.24, 2.45) is 0 Å². The first-order valence-electron chi connectivity index (χ1n) is 8.68. The number of benzene rings is 2. The Morgan fingerprint density at radius 2 is 1.79 bits per heavy atom. The molecule has 7 heteroatoms. The Bertz CT molecular complexity index is 864. The second-order valence-corrected chi connectivity index (χ2v) is 6.70. The number of hydrogen-bond acceptors (Lipinski definition) is 5. The van der Waals surface area contributed by atoms with Gasteiger partial charge in [-0.25, -0.2) is 0 Å². The van der Waals surface area contributed by atoms with Crippen molar-refractivity contribution in [1.82, 2.24) is 5.32 Å². The zero-order valence-electron chi connectivity index (χ0n) is 16.0. The molecule has 2 aromatic rings. The molecule has 0 saturated carbocycles. The van der Waals surface area contributed by atoms with E-state index in [0.717, 1.165) is 5.56 Å². The number of Topliss-reactive ketones (excluding diaryl/α,β-unsaturated/α-hetero) is 1. The van der Waals surface area contributed by atoms with Gasteiger partial charge >= 0.3 is 5.97 Å². The normalized spacial score (nSPS) is 11.4. The van der Waals surface area contributed by atoms with Crippen LogP contribution in [0.15, 0.2) is 42.5 Å². The summed E-state index contributed by atoms with van der Waals surface area (Å²) in [4.78, 5) is 35.4. The Kier molecular flexibility index (Phi) is 7.58. The van der Waals surface area contributed by atoms with E-state index >= 15 is 0 Å². The molecule has 0 spiro atoms. The maximum atomic E-state index is 12.2. The summed E-state index contributed by atoms with van der Waals surface area (Å²) >= 11 is 5.94. The molecule has 6 nitrogen and oxygen atoms in total. The van der Waals surface area contributed by atoms with Crippen LogP contribution in [0.1, 0.15) is 41.4 Å². The van der Waals surface area contributed by atoms with Crippen LogP contribution < -0.4 is 10.1 Å². The van der Waals surface area contributed by atoms with Crippen LogP contribution in [0.4, 0.5) is 0 Å². The van der Waals surface area contributed by atoms with Gasteiger partial charge < -0.3 is 14.8 Å². The van der Waals surface area contributed by atoms with Crippen LogP contribution in [0.3, 0.4) is 0 Å². The summed E-state index contributed by atoms with van der Waals surface area (Å²) in [5.74, 6) is -0.470. The number of ether oxygens (including phenoxy) is 2. The fraction of sp³-hybridized carbons (Fsp3) is 0.286. The summed E-state index contributed by atoms with van der Waals surface area (Å²) in [6.07, 6.45) is -0.0514. The van der Waals surface area contributed by atoms with Crippen molar-refractivity contribution >= 4 is 29.3 Å². The number of methoxy groups -OCH3 is 1. The second kappa shape index (κ2) is 9.90. The highest BCUT2D eigenvalue weighted by atomic mass is 35.5. The van der Waals surface area contributed by atoms with E-state index in [1.165, 1.54) is 14.0 Å². The van der Waals surface area contributed by atoms with Crippen LogP contribution in [-0.2, 0) is 20.7 Å². The molecule has 0 radical (unpaired) electrons. The van der Waals surface area contributed by atoms with E-state index in [0.29, 0.717) is 21.9 Å². The molecule has 2 rings (SSSR count). The Morgan fingerprint density at radius 3 is 2.39 bits per heavy atom. The number of nitrogens with one attached hydrogen (secondary N) is 1. The third kappa shape index (κ3) is 6.09. The topological polar surface area (TPSA) is 81.7 Å². The lowest BCUT2D eigenvalue weighted by molar-refractivity contribution is -0.141. The first kappa shape index (κ1) is 21.4. The molecular weight excluding hydrogens is 382 g/mol. The summed E-state index contributed by atoms with van der Waals surface area (Å²) in [5, 5.41) is 3.25. The molecule has 1 atom stereocenters. The van der Waals surface area contributed by atoms with Crippen LogP contribution >= 0.6 is 11.6 Å². The number of carbonyl (C=O) groups excluding carboxylic acids is 3. The summed E-state index contributed by atoms with van der Waals surface area (Å²) in [5.41, 5.74) is 1.88. The summed E-state index contributed by atoms with van der Waals surface area (Å²) < 4.78 is 10.3. The van der Waals surface area contributed by atoms with E-state index in [4.69, 9.17) is 21.1 Å². The van der Waals surface area contributed by atoms with Crippen molar-refractivity contribution in [3.05, 3.63) is 64.2 Å². The quantitative estimate of drug-likeness (QED) is 0.538. The SMILES string of the molecule is COc1ccc(Cl)cc1CC(=O)OCC(=O)c1ccc([C@H](C)NC(C)=O)cc1. The Morgan fingerprint density at radius 1 is 1.11 bits per heavy atom. The van der Waals surface area contributed by atoms with E-state index in [9.17, 15) is 14.4 Å². The lowest BCUT2D eigenvalue weighted by atomic mass is 10.0. The predicted octanol–water partition coefficient (Wildman–Crippen LogP) is 3.51. The van der Waals surface area contributed by atoms with Gasteiger partial charge in [-0.3, -0.25) is 14.4 Å². The molecule has 0 bridgehead atoms. The molecule has 0 aliphatic carbocycles. The smallest absolute Gasteiger partial charge is 0.310 e. The average Bonchev–Trinajstić information content (AvgIpc) is 2.66. The monoisotopic (exact) mass is 403 g/mol. The average molecular weight is 404 g/mol. The van der Waals surface area contributed by atoms with Crippen LogP contribution in [0.5, 0.6) is 5.75 Å². The highest BCUT2D eigenvalue weighted by Crippen LogP contribution is 2.23. The molecule has 0 aliphatic heterocycles. The summed E-state index contributed by atoms with van der Waals surface area (Å²) in [7, 11) is 1.50. The fourth-order valence-electron chi connectivity index (χ4n) is 2.67. The van der Waals surface area contributed by atoms with Crippen molar-refractivity contribution in [2.45, 2.75) is 26.3 Å². The molecule has 0 unspecified atom stereocenters. The number of hydrogen-bond donors (Lipinski definition) is 1. The van der Waals surface area contributed by atoms with Gasteiger partial charge in [-0.15, -0.1) is 0 Å². The van der Waals surface area contributed by atoms with Gasteiger partial charge in [-0.05, 0) is 30.7 Å². The molecule has 0 saturated heterocycles. The Balaban J connectivity index is 1.92. The third-order valence-corrected chi connectivity index (χ3v) is 4.33. The van der Waals surface area contributed by atoms with E-state index in [-0.39, 0.29) is 30.8 Å². The van der Waals surface area contributed by atoms with Gasteiger partial charge in [0.1, 0.15) is 5.75 Å². The summed E-state index contributed by atoms with van der Waals surface area (Å²) in [6.45, 7) is 2.94. The number of rotatable bonds is 8. The number of amides is 1. The maximum Gasteiger partial charge on any atom is 0.310 e. The first-order valence-corrected chi connectivity index (χ1v) is 9.06. The molecule has 148 valence electrons. The Hall–Kier alpha value is -2.86. The second-order valence-electron chi connectivity index (χ2n) is 6.26. The number of carbonyl (C=O) groups is 3. The molecule has 0 aliphatic rings. The minimum Gasteiger partial charge on any atom is -0.496 e. The Labute approximate surface area is 168 Å². The number of esters is 1. The molecule has 0 aromatic heterocycles. The van der Waals surface area contributed by atoms with E-state index in [1.54, 1.807) is 42.5 Å². The van der Waals surface area contributed by atoms with Gasteiger partial charge in [-0.2, -0.15) is 0 Å². The van der Waals surface area contributed by atoms with Gasteiger partial charge in [0.2, 0.25) is 5.91 Å². The summed E-state index contributed by atoms with van der Waals surface area (Å²) in [6, 6.07) is 11.6. The molecule has 0 fully saturated rings. The molecule has 1 N–H and O–H groups in total. The van der Waals surface area contributed by atoms with Crippen molar-refractivity contribution in [3.8, 4) is 5.75 Å². The number of ketones is 1. The van der Waals surface area contributed by atoms with Crippen LogP contribution in [-0.4, -0.2) is 31.4 Å². The van der Waals surface area contributed by atoms with Gasteiger partial charge in [0.05, 0.1) is 19.6 Å². The van der Waals surface area contributed by atoms with Crippen LogP contribution in [0.25, 0.3) is 0 Å². The minimum absolute atomic E-state index is 0.0514. The molecular formula is C21H22ClNO5. The van der Waals surface area contributed by atoms with E-state index in [2.05, 4.69) is 5.32 Å². The van der Waals surface area contributed by atoms with Gasteiger partial charge in [0.15, 0.2) is 12.4 Å². The standard InChI is InChI=1S/C21H22ClNO5/c1-13(23-14(2)24)15-4-6-16(7-5-15)19(25)12-28-21(26)11-17-10-18(22)8-9-20(17)27-3/h4-10,13H,11-12H2,1-3H3,(H,23,24)/t13-/m0/s1. The van der Waals surface area contributed by atoms with Crippen molar-refractivity contribution in [2.75, 3.05) is 13.7 Å². The van der Waals surface area contributed by atoms with Crippen molar-refractivity contribution in [1.29, 1.82) is 0 Å². The largest absolute Gasteiger partial charge is 0.496 e. The zero-order valence-corrected chi connectivity index (χ0v) is 16.7. The van der Waals surface area contributed by atoms with Crippen LogP contribution in [0.2, 0.25) is 5.02 Å². The van der Waals surface area contributed by atoms with Gasteiger partial charge in [0.25, 0.3) is 0 Å². The highest BCUT2D eigenvalue weighted by Gasteiger charge is 2.14. The van der Waals surface area contributed by atoms with Crippen molar-refractivity contribution < 1.29 is 23.9 Å². The maximum absolute atomic E-state index is 12.2. The lowest BCUT2D eigenvalue weighted by Gasteiger charge is -2.13. The van der Waals surface area contributed by atoms with Crippen molar-refractivity contribution in [3.63, 3.8) is 0 Å². The fourth-order valence-corrected chi connectivity index (χ4v) is 2.86. The molecule has 28 heavy (non-hydrogen) atoms. The van der Waals surface area contributed by atoms with E-state index < -0.39 is 5.97 Å². The molecule has 2 aromatic carbocycles. The highest BCUT2D eigenvalue weighted by molar-refractivity contribution is 6.30. The van der Waals surface area contributed by atoms with E-state index in [1.807, 2.05) is 6.92 Å². The molecule has 1 amide bonds. The van der Waals surface area contributed by atoms with Gasteiger partial charge in [0, 0.05) is 23.1 Å².